The Bertz CT molecular complexity index is 924. The number of para-hydroxylation sites is 1. The molecule has 0 fully saturated rings. The molecule has 29 heavy (non-hydrogen) atoms. The zero-order valence-electron chi connectivity index (χ0n) is 16.4. The van der Waals surface area contributed by atoms with Gasteiger partial charge in [0.15, 0.2) is 17.6 Å². The lowest BCUT2D eigenvalue weighted by Gasteiger charge is -2.23. The summed E-state index contributed by atoms with van der Waals surface area (Å²) in [5, 5.41) is 12.6. The van der Waals surface area contributed by atoms with Gasteiger partial charge in [-0.2, -0.15) is 5.26 Å². The number of carbonyl (C=O) groups excluding carboxylic acids is 1. The Balaban J connectivity index is 1.61. The van der Waals surface area contributed by atoms with Crippen LogP contribution in [0.5, 0.6) is 17.2 Å². The molecule has 1 N–H and O–H groups in total. The topological polar surface area (TPSA) is 80.6 Å². The van der Waals surface area contributed by atoms with E-state index >= 15 is 0 Å². The molecular weight excluding hydrogens is 392 g/mol. The third-order valence-electron chi connectivity index (χ3n) is 4.49. The molecule has 1 aliphatic heterocycles. The highest BCUT2D eigenvalue weighted by atomic mass is 35.5. The zero-order chi connectivity index (χ0) is 20.8. The third-order valence-corrected chi connectivity index (χ3v) is 4.78. The summed E-state index contributed by atoms with van der Waals surface area (Å²) in [7, 11) is 0. The summed E-state index contributed by atoms with van der Waals surface area (Å²) in [6, 6.07) is 12.7. The fraction of sp³-hybridized carbons (Fsp3) is 0.364. The van der Waals surface area contributed by atoms with E-state index in [1.807, 2.05) is 26.0 Å². The minimum absolute atomic E-state index is 0.0644. The molecule has 0 radical (unpaired) electrons. The molecule has 152 valence electrons. The second kappa shape index (κ2) is 9.53. The smallest absolute Gasteiger partial charge is 0.261 e. The van der Waals surface area contributed by atoms with Gasteiger partial charge in [-0.15, -0.1) is 0 Å². The lowest BCUT2D eigenvalue weighted by Crippen LogP contribution is -2.42. The minimum atomic E-state index is -0.701. The van der Waals surface area contributed by atoms with Crippen molar-refractivity contribution in [3.8, 4) is 23.3 Å². The van der Waals surface area contributed by atoms with Gasteiger partial charge >= 0.3 is 0 Å². The van der Waals surface area contributed by atoms with E-state index in [1.165, 1.54) is 0 Å². The maximum Gasteiger partial charge on any atom is 0.261 e. The molecule has 7 heteroatoms. The summed E-state index contributed by atoms with van der Waals surface area (Å²) in [6.45, 7) is 5.19. The highest BCUT2D eigenvalue weighted by Gasteiger charge is 2.25. The number of amides is 1. The predicted molar refractivity (Wildman–Crippen MR) is 110 cm³/mol. The van der Waals surface area contributed by atoms with Crippen LogP contribution in [0.3, 0.4) is 0 Å². The van der Waals surface area contributed by atoms with E-state index in [4.69, 9.17) is 25.8 Å². The molecule has 1 aliphatic rings. The van der Waals surface area contributed by atoms with Crippen LogP contribution in [0.4, 0.5) is 0 Å². The Morgan fingerprint density at radius 2 is 2.03 bits per heavy atom. The Hall–Kier alpha value is -2.91. The third kappa shape index (κ3) is 5.12. The van der Waals surface area contributed by atoms with Gasteiger partial charge in [0.25, 0.3) is 5.91 Å². The molecule has 0 aromatic heterocycles. The van der Waals surface area contributed by atoms with Crippen molar-refractivity contribution < 1.29 is 19.0 Å². The zero-order valence-corrected chi connectivity index (χ0v) is 17.2. The van der Waals surface area contributed by atoms with Crippen LogP contribution in [0.25, 0.3) is 0 Å². The SMILES string of the molecule is CC(C)C(Oc1ccccc1C#N)C(=O)NCCc1cc(Cl)c2c(c1)OCCO2. The van der Waals surface area contributed by atoms with Gasteiger partial charge in [-0.3, -0.25) is 4.79 Å². The van der Waals surface area contributed by atoms with Gasteiger partial charge in [0.2, 0.25) is 0 Å². The van der Waals surface area contributed by atoms with E-state index in [2.05, 4.69) is 11.4 Å². The Morgan fingerprint density at radius 3 is 2.79 bits per heavy atom. The van der Waals surface area contributed by atoms with Crippen LogP contribution in [-0.2, 0) is 11.2 Å². The Morgan fingerprint density at radius 1 is 1.28 bits per heavy atom. The van der Waals surface area contributed by atoms with Crippen LogP contribution < -0.4 is 19.5 Å². The summed E-state index contributed by atoms with van der Waals surface area (Å²) in [4.78, 5) is 12.7. The molecule has 1 atom stereocenters. The summed E-state index contributed by atoms with van der Waals surface area (Å²) in [5.74, 6) is 1.31. The first kappa shape index (κ1) is 20.8. The minimum Gasteiger partial charge on any atom is -0.486 e. The van der Waals surface area contributed by atoms with Gasteiger partial charge < -0.3 is 19.5 Å². The molecular formula is C22H23ClN2O4. The number of nitriles is 1. The van der Waals surface area contributed by atoms with Crippen molar-refractivity contribution in [3.63, 3.8) is 0 Å². The monoisotopic (exact) mass is 414 g/mol. The number of hydrogen-bond acceptors (Lipinski definition) is 5. The number of nitrogens with one attached hydrogen (secondary N) is 1. The number of ether oxygens (including phenoxy) is 3. The van der Waals surface area contributed by atoms with Crippen LogP contribution in [-0.4, -0.2) is 31.8 Å². The van der Waals surface area contributed by atoms with E-state index in [0.29, 0.717) is 54.0 Å². The first-order chi connectivity index (χ1) is 14.0. The Labute approximate surface area is 175 Å². The van der Waals surface area contributed by atoms with E-state index in [1.54, 1.807) is 24.3 Å². The van der Waals surface area contributed by atoms with Crippen molar-refractivity contribution in [2.24, 2.45) is 5.92 Å². The van der Waals surface area contributed by atoms with Crippen molar-refractivity contribution in [3.05, 3.63) is 52.5 Å². The molecule has 0 saturated heterocycles. The van der Waals surface area contributed by atoms with Crippen LogP contribution in [0.1, 0.15) is 25.0 Å². The molecule has 6 nitrogen and oxygen atoms in total. The lowest BCUT2D eigenvalue weighted by molar-refractivity contribution is -0.129. The molecule has 1 heterocycles. The molecule has 0 bridgehead atoms. The van der Waals surface area contributed by atoms with Gasteiger partial charge in [-0.1, -0.05) is 37.6 Å². The van der Waals surface area contributed by atoms with Crippen LogP contribution in [0, 0.1) is 17.2 Å². The number of halogens is 1. The predicted octanol–water partition coefficient (Wildman–Crippen LogP) is 3.75. The van der Waals surface area contributed by atoms with E-state index in [0.717, 1.165) is 5.56 Å². The number of benzene rings is 2. The van der Waals surface area contributed by atoms with E-state index in [9.17, 15) is 10.1 Å². The lowest BCUT2D eigenvalue weighted by atomic mass is 10.1. The maximum atomic E-state index is 12.7. The van der Waals surface area contributed by atoms with Gasteiger partial charge in [0.05, 0.1) is 10.6 Å². The molecule has 1 unspecified atom stereocenters. The molecule has 0 spiro atoms. The molecule has 0 saturated carbocycles. The average Bonchev–Trinajstić information content (AvgIpc) is 2.72. The van der Waals surface area contributed by atoms with Crippen molar-refractivity contribution in [2.45, 2.75) is 26.4 Å². The Kier molecular flexibility index (Phi) is 6.84. The standard InChI is InChI=1S/C22H23ClN2O4/c1-14(2)20(29-18-6-4-3-5-16(18)13-24)22(26)25-8-7-15-11-17(23)21-19(12-15)27-9-10-28-21/h3-6,11-12,14,20H,7-10H2,1-2H3,(H,25,26). The number of rotatable bonds is 7. The van der Waals surface area contributed by atoms with Crippen LogP contribution in [0.15, 0.2) is 36.4 Å². The number of hydrogen-bond donors (Lipinski definition) is 1. The van der Waals surface area contributed by atoms with Gasteiger partial charge in [0.1, 0.15) is 25.0 Å². The van der Waals surface area contributed by atoms with Crippen LogP contribution in [0.2, 0.25) is 5.02 Å². The summed E-state index contributed by atoms with van der Waals surface area (Å²) < 4.78 is 17.0. The normalized spacial score (nSPS) is 13.5. The highest BCUT2D eigenvalue weighted by Crippen LogP contribution is 2.38. The van der Waals surface area contributed by atoms with Crippen molar-refractivity contribution in [1.29, 1.82) is 5.26 Å². The second-order valence-electron chi connectivity index (χ2n) is 7.03. The first-order valence-corrected chi connectivity index (χ1v) is 9.89. The number of carbonyl (C=O) groups is 1. The molecule has 2 aromatic rings. The largest absolute Gasteiger partial charge is 0.486 e. The maximum absolute atomic E-state index is 12.7. The summed E-state index contributed by atoms with van der Waals surface area (Å²) >= 11 is 6.26. The van der Waals surface area contributed by atoms with E-state index in [-0.39, 0.29) is 11.8 Å². The molecule has 2 aromatic carbocycles. The molecule has 0 aliphatic carbocycles. The quantitative estimate of drug-likeness (QED) is 0.746. The fourth-order valence-electron chi connectivity index (χ4n) is 3.03. The van der Waals surface area contributed by atoms with Crippen molar-refractivity contribution in [1.82, 2.24) is 5.32 Å². The van der Waals surface area contributed by atoms with Gasteiger partial charge in [-0.05, 0) is 42.2 Å². The molecule has 1 amide bonds. The average molecular weight is 415 g/mol. The number of fused-ring (bicyclic) bond motifs is 1. The van der Waals surface area contributed by atoms with Gasteiger partial charge in [-0.25, -0.2) is 0 Å². The highest BCUT2D eigenvalue weighted by molar-refractivity contribution is 6.32. The van der Waals surface area contributed by atoms with Gasteiger partial charge in [0, 0.05) is 6.54 Å². The van der Waals surface area contributed by atoms with Crippen LogP contribution >= 0.6 is 11.6 Å². The van der Waals surface area contributed by atoms with Crippen molar-refractivity contribution in [2.75, 3.05) is 19.8 Å². The molecule has 3 rings (SSSR count). The van der Waals surface area contributed by atoms with Crippen molar-refractivity contribution >= 4 is 17.5 Å². The summed E-state index contributed by atoms with van der Waals surface area (Å²) in [6.07, 6.45) is -0.116. The summed E-state index contributed by atoms with van der Waals surface area (Å²) in [5.41, 5.74) is 1.34. The number of nitrogens with zero attached hydrogens (tertiary/aromatic N) is 1. The second-order valence-corrected chi connectivity index (χ2v) is 7.44. The first-order valence-electron chi connectivity index (χ1n) is 9.51. The fourth-order valence-corrected chi connectivity index (χ4v) is 3.32. The van der Waals surface area contributed by atoms with E-state index < -0.39 is 6.10 Å².